The van der Waals surface area contributed by atoms with E-state index in [0.717, 1.165) is 24.2 Å². The summed E-state index contributed by atoms with van der Waals surface area (Å²) >= 11 is 0. The van der Waals surface area contributed by atoms with Gasteiger partial charge in [0, 0.05) is 30.4 Å². The molecule has 0 saturated carbocycles. The van der Waals surface area contributed by atoms with Crippen LogP contribution in [0.25, 0.3) is 11.3 Å². The molecule has 4 heteroatoms. The lowest BCUT2D eigenvalue weighted by Crippen LogP contribution is -2.20. The van der Waals surface area contributed by atoms with Gasteiger partial charge in [-0.25, -0.2) is 0 Å². The molecule has 1 heterocycles. The van der Waals surface area contributed by atoms with Gasteiger partial charge in [-0.15, -0.1) is 5.11 Å². The van der Waals surface area contributed by atoms with Crippen LogP contribution in [0, 0.1) is 0 Å². The maximum absolute atomic E-state index is 5.38. The Kier molecular flexibility index (Phi) is 6.13. The lowest BCUT2D eigenvalue weighted by molar-refractivity contribution is 0.910. The molecule has 2 aromatic rings. The Morgan fingerprint density at radius 3 is 2.29 bits per heavy atom. The van der Waals surface area contributed by atoms with Gasteiger partial charge >= 0.3 is 0 Å². The van der Waals surface area contributed by atoms with Crippen molar-refractivity contribution in [1.29, 1.82) is 0 Å². The second-order valence-corrected chi connectivity index (χ2v) is 5.43. The van der Waals surface area contributed by atoms with Crippen molar-refractivity contribution in [3.8, 4) is 0 Å². The van der Waals surface area contributed by atoms with Gasteiger partial charge < -0.3 is 10.7 Å². The number of allylic oxidation sites excluding steroid dienone is 1. The van der Waals surface area contributed by atoms with Crippen LogP contribution in [0.5, 0.6) is 0 Å². The molecule has 0 spiro atoms. The van der Waals surface area contributed by atoms with Crippen molar-refractivity contribution >= 4 is 17.0 Å². The molecule has 0 amide bonds. The Morgan fingerprint density at radius 2 is 1.62 bits per heavy atom. The zero-order chi connectivity index (χ0) is 17.5. The van der Waals surface area contributed by atoms with Crippen LogP contribution >= 0.6 is 0 Å². The monoisotopic (exact) mass is 322 g/mol. The number of hydrogen-bond acceptors (Lipinski definition) is 3. The van der Waals surface area contributed by atoms with Gasteiger partial charge in [0.15, 0.2) is 0 Å². The van der Waals surface area contributed by atoms with Crippen molar-refractivity contribution < 1.29 is 0 Å². The number of para-hydroxylation sites is 1. The Bertz CT molecular complexity index is 747. The number of anilines is 1. The smallest absolute Gasteiger partial charge is 0.0988 e. The topological polar surface area (TPSA) is 54.0 Å². The quantitative estimate of drug-likeness (QED) is 0.465. The number of nitrogens with zero attached hydrogens (tertiary/aromatic N) is 3. The molecule has 4 nitrogen and oxygen atoms in total. The first-order valence-electron chi connectivity index (χ1n) is 8.49. The van der Waals surface area contributed by atoms with E-state index in [0.29, 0.717) is 0 Å². The number of fused-ring (bicyclic) bond motifs is 2. The van der Waals surface area contributed by atoms with Crippen LogP contribution in [0.2, 0.25) is 0 Å². The number of benzene rings is 2. The molecule has 0 aliphatic carbocycles. The number of hydrogen-bond donors (Lipinski definition) is 1. The van der Waals surface area contributed by atoms with Gasteiger partial charge in [0.25, 0.3) is 0 Å². The summed E-state index contributed by atoms with van der Waals surface area (Å²) in [6, 6.07) is 16.7. The van der Waals surface area contributed by atoms with E-state index in [9.17, 15) is 0 Å². The predicted molar refractivity (Wildman–Crippen MR) is 102 cm³/mol. The van der Waals surface area contributed by atoms with Gasteiger partial charge in [0.1, 0.15) is 0 Å². The van der Waals surface area contributed by atoms with E-state index < -0.39 is 0 Å². The summed E-state index contributed by atoms with van der Waals surface area (Å²) in [6.45, 7) is 6.97. The molecule has 0 bridgehead atoms. The SMILES string of the molecule is CC.CC/C1=C(\N=NN)c2ccccc2CN(C)c2ccccc21. The minimum atomic E-state index is 0.827. The van der Waals surface area contributed by atoms with Crippen LogP contribution in [-0.4, -0.2) is 7.05 Å². The molecule has 0 atom stereocenters. The van der Waals surface area contributed by atoms with Gasteiger partial charge in [-0.3, -0.25) is 0 Å². The third-order valence-corrected chi connectivity index (χ3v) is 4.12. The predicted octanol–water partition coefficient (Wildman–Crippen LogP) is 5.27. The van der Waals surface area contributed by atoms with Crippen LogP contribution in [0.4, 0.5) is 5.69 Å². The van der Waals surface area contributed by atoms with Crippen molar-refractivity contribution in [3.05, 3.63) is 65.2 Å². The Morgan fingerprint density at radius 1 is 1.00 bits per heavy atom. The first-order valence-corrected chi connectivity index (χ1v) is 8.49. The summed E-state index contributed by atoms with van der Waals surface area (Å²) in [5.41, 5.74) is 6.79. The van der Waals surface area contributed by atoms with Crippen molar-refractivity contribution in [3.63, 3.8) is 0 Å². The third kappa shape index (κ3) is 3.32. The van der Waals surface area contributed by atoms with Gasteiger partial charge in [0.2, 0.25) is 0 Å². The molecular weight excluding hydrogens is 296 g/mol. The number of rotatable bonds is 2. The molecule has 1 aliphatic heterocycles. The van der Waals surface area contributed by atoms with Crippen LogP contribution in [0.3, 0.4) is 0 Å². The highest BCUT2D eigenvalue weighted by Crippen LogP contribution is 2.39. The molecule has 1 aliphatic rings. The van der Waals surface area contributed by atoms with E-state index in [-0.39, 0.29) is 0 Å². The molecular formula is C20H26N4. The minimum absolute atomic E-state index is 0.827. The second-order valence-electron chi connectivity index (χ2n) is 5.43. The average Bonchev–Trinajstić information content (AvgIpc) is 2.63. The van der Waals surface area contributed by atoms with Crippen molar-refractivity contribution in [1.82, 2.24) is 0 Å². The lowest BCUT2D eigenvalue weighted by atomic mass is 9.91. The summed E-state index contributed by atoms with van der Waals surface area (Å²) in [6.07, 6.45) is 0.869. The first kappa shape index (κ1) is 17.7. The lowest BCUT2D eigenvalue weighted by Gasteiger charge is -2.28. The fourth-order valence-electron chi connectivity index (χ4n) is 3.11. The second kappa shape index (κ2) is 8.29. The molecule has 126 valence electrons. The number of nitrogens with two attached hydrogens (primary N) is 1. The zero-order valence-corrected chi connectivity index (χ0v) is 15.0. The Balaban J connectivity index is 0.00000100. The molecule has 0 radical (unpaired) electrons. The molecule has 0 fully saturated rings. The summed E-state index contributed by atoms with van der Waals surface area (Å²) in [4.78, 5) is 2.28. The summed E-state index contributed by atoms with van der Waals surface area (Å²) in [5.74, 6) is 5.38. The van der Waals surface area contributed by atoms with Gasteiger partial charge in [-0.2, -0.15) is 0 Å². The molecule has 2 N–H and O–H groups in total. The maximum atomic E-state index is 5.38. The molecule has 3 rings (SSSR count). The molecule has 0 saturated heterocycles. The van der Waals surface area contributed by atoms with E-state index in [2.05, 4.69) is 71.7 Å². The highest BCUT2D eigenvalue weighted by Gasteiger charge is 2.21. The molecule has 2 aromatic carbocycles. The van der Waals surface area contributed by atoms with E-state index in [1.54, 1.807) is 0 Å². The average molecular weight is 322 g/mol. The third-order valence-electron chi connectivity index (χ3n) is 4.12. The fraction of sp³-hybridized carbons (Fsp3) is 0.300. The van der Waals surface area contributed by atoms with Gasteiger partial charge in [-0.05, 0) is 23.6 Å². The molecule has 0 aromatic heterocycles. The van der Waals surface area contributed by atoms with Crippen molar-refractivity contribution in [2.45, 2.75) is 33.7 Å². The first-order chi connectivity index (χ1) is 11.8. The van der Waals surface area contributed by atoms with Crippen LogP contribution in [-0.2, 0) is 6.54 Å². The van der Waals surface area contributed by atoms with Crippen LogP contribution in [0.15, 0.2) is 58.9 Å². The summed E-state index contributed by atoms with van der Waals surface area (Å²) < 4.78 is 0. The van der Waals surface area contributed by atoms with Crippen LogP contribution < -0.4 is 10.7 Å². The zero-order valence-electron chi connectivity index (χ0n) is 15.0. The molecule has 24 heavy (non-hydrogen) atoms. The van der Waals surface area contributed by atoms with Crippen LogP contribution in [0.1, 0.15) is 43.9 Å². The van der Waals surface area contributed by atoms with E-state index >= 15 is 0 Å². The summed E-state index contributed by atoms with van der Waals surface area (Å²) in [7, 11) is 2.12. The van der Waals surface area contributed by atoms with Gasteiger partial charge in [0.05, 0.1) is 5.70 Å². The maximum Gasteiger partial charge on any atom is 0.0988 e. The minimum Gasteiger partial charge on any atom is -0.370 e. The van der Waals surface area contributed by atoms with Crippen molar-refractivity contribution in [2.75, 3.05) is 11.9 Å². The normalized spacial score (nSPS) is 16.6. The van der Waals surface area contributed by atoms with E-state index in [4.69, 9.17) is 5.84 Å². The molecule has 0 unspecified atom stereocenters. The highest BCUT2D eigenvalue weighted by atomic mass is 15.3. The standard InChI is InChI=1S/C18H20N4.C2H6/c1-3-14-16-10-6-7-11-17(16)22(2)12-13-8-4-5-9-15(13)18(14)20-21-19;1-2/h4-11H,3,12H2,1-2H3,(H2,19,20);1-2H3/b18-14+;. The summed E-state index contributed by atoms with van der Waals surface area (Å²) in [5, 5.41) is 7.84. The largest absolute Gasteiger partial charge is 0.370 e. The van der Waals surface area contributed by atoms with Gasteiger partial charge in [-0.1, -0.05) is 68.5 Å². The highest BCUT2D eigenvalue weighted by molar-refractivity contribution is 5.95. The fourth-order valence-corrected chi connectivity index (χ4v) is 3.11. The Labute approximate surface area is 144 Å². The van der Waals surface area contributed by atoms with E-state index in [1.165, 1.54) is 22.4 Å². The van der Waals surface area contributed by atoms with E-state index in [1.807, 2.05) is 19.9 Å². The Hall–Kier alpha value is -2.62. The van der Waals surface area contributed by atoms with Crippen molar-refractivity contribution in [2.24, 2.45) is 16.2 Å².